The number of rotatable bonds is 7. The molecule has 0 aliphatic carbocycles. The summed E-state index contributed by atoms with van der Waals surface area (Å²) in [7, 11) is 5.74. The maximum absolute atomic E-state index is 5.09. The Labute approximate surface area is 134 Å². The van der Waals surface area contributed by atoms with Crippen LogP contribution in [-0.2, 0) is 4.74 Å². The minimum atomic E-state index is 0.710. The van der Waals surface area contributed by atoms with Gasteiger partial charge in [-0.1, -0.05) is 13.8 Å². The van der Waals surface area contributed by atoms with Crippen molar-refractivity contribution in [1.82, 2.24) is 15.1 Å². The Morgan fingerprint density at radius 2 is 2.24 bits per heavy atom. The molecule has 124 valence electrons. The van der Waals surface area contributed by atoms with Crippen LogP contribution in [0.1, 0.15) is 13.8 Å². The van der Waals surface area contributed by atoms with Crippen LogP contribution in [0.25, 0.3) is 0 Å². The first-order valence-corrected chi connectivity index (χ1v) is 8.88. The summed E-state index contributed by atoms with van der Waals surface area (Å²) >= 11 is 2.09. The number of thioether (sulfide) groups is 1. The Hall–Kier alpha value is -0.460. The molecule has 0 aromatic carbocycles. The first kappa shape index (κ1) is 18.6. The normalized spacial score (nSPS) is 20.4. The molecule has 1 rings (SSSR count). The molecule has 1 fully saturated rings. The second kappa shape index (κ2) is 10.3. The molecule has 21 heavy (non-hydrogen) atoms. The molecular weight excluding hydrogens is 284 g/mol. The van der Waals surface area contributed by atoms with Crippen LogP contribution in [0.3, 0.4) is 0 Å². The number of ether oxygens (including phenoxy) is 1. The number of nitrogens with one attached hydrogen (secondary N) is 1. The lowest BCUT2D eigenvalue weighted by molar-refractivity contribution is 0.162. The third-order valence-corrected chi connectivity index (χ3v) is 5.34. The Balaban J connectivity index is 2.34. The average molecular weight is 317 g/mol. The minimum Gasteiger partial charge on any atom is -0.383 e. The molecule has 1 aliphatic heterocycles. The van der Waals surface area contributed by atoms with Crippen molar-refractivity contribution in [2.75, 3.05) is 66.3 Å². The summed E-state index contributed by atoms with van der Waals surface area (Å²) in [6.07, 6.45) is 0. The second-order valence-electron chi connectivity index (χ2n) is 5.87. The third kappa shape index (κ3) is 6.89. The molecule has 6 heteroatoms. The fourth-order valence-corrected chi connectivity index (χ4v) is 3.62. The van der Waals surface area contributed by atoms with Gasteiger partial charge in [0, 0.05) is 57.9 Å². The van der Waals surface area contributed by atoms with E-state index < -0.39 is 0 Å². The quantitative estimate of drug-likeness (QED) is 0.565. The lowest BCUT2D eigenvalue weighted by Crippen LogP contribution is -2.50. The molecule has 0 aromatic rings. The van der Waals surface area contributed by atoms with E-state index in [-0.39, 0.29) is 0 Å². The van der Waals surface area contributed by atoms with Crippen molar-refractivity contribution >= 4 is 17.7 Å². The van der Waals surface area contributed by atoms with Crippen LogP contribution in [-0.4, -0.2) is 87.3 Å². The van der Waals surface area contributed by atoms with Crippen LogP contribution in [0.2, 0.25) is 0 Å². The fourth-order valence-electron chi connectivity index (χ4n) is 2.32. The van der Waals surface area contributed by atoms with Gasteiger partial charge in [0.2, 0.25) is 0 Å². The maximum atomic E-state index is 5.09. The van der Waals surface area contributed by atoms with Gasteiger partial charge in [0.05, 0.1) is 6.61 Å². The first-order valence-electron chi connectivity index (χ1n) is 7.83. The SMILES string of the molecule is CN=C(NCCN(C)CCOC)N1CCSC(C(C)C)C1. The van der Waals surface area contributed by atoms with Crippen molar-refractivity contribution in [3.8, 4) is 0 Å². The largest absolute Gasteiger partial charge is 0.383 e. The predicted octanol–water partition coefficient (Wildman–Crippen LogP) is 1.21. The van der Waals surface area contributed by atoms with E-state index in [0.29, 0.717) is 5.25 Å². The Morgan fingerprint density at radius 3 is 2.86 bits per heavy atom. The highest BCUT2D eigenvalue weighted by Gasteiger charge is 2.24. The minimum absolute atomic E-state index is 0.710. The van der Waals surface area contributed by atoms with Crippen LogP contribution in [0.15, 0.2) is 4.99 Å². The summed E-state index contributed by atoms with van der Waals surface area (Å²) < 4.78 is 5.09. The summed E-state index contributed by atoms with van der Waals surface area (Å²) in [4.78, 5) is 9.11. The standard InChI is InChI=1S/C15H32N4OS/c1-13(2)14-12-19(9-11-21-14)15(16-3)17-6-7-18(4)8-10-20-5/h13-14H,6-12H2,1-5H3,(H,16,17). The smallest absolute Gasteiger partial charge is 0.193 e. The molecule has 0 bridgehead atoms. The molecule has 0 radical (unpaired) electrons. The van der Waals surface area contributed by atoms with Crippen molar-refractivity contribution in [3.63, 3.8) is 0 Å². The lowest BCUT2D eigenvalue weighted by Gasteiger charge is -2.36. The zero-order valence-corrected chi connectivity index (χ0v) is 15.1. The summed E-state index contributed by atoms with van der Waals surface area (Å²) in [5, 5.41) is 4.20. The maximum Gasteiger partial charge on any atom is 0.193 e. The van der Waals surface area contributed by atoms with Gasteiger partial charge in [-0.2, -0.15) is 11.8 Å². The lowest BCUT2D eigenvalue weighted by atomic mass is 10.1. The zero-order valence-electron chi connectivity index (χ0n) is 14.3. The summed E-state index contributed by atoms with van der Waals surface area (Å²) in [5.41, 5.74) is 0. The van der Waals surface area contributed by atoms with E-state index in [1.54, 1.807) is 7.11 Å². The van der Waals surface area contributed by atoms with Crippen LogP contribution < -0.4 is 5.32 Å². The van der Waals surface area contributed by atoms with Crippen molar-refractivity contribution in [3.05, 3.63) is 0 Å². The van der Waals surface area contributed by atoms with Crippen LogP contribution in [0, 0.1) is 5.92 Å². The number of nitrogens with zero attached hydrogens (tertiary/aromatic N) is 3. The van der Waals surface area contributed by atoms with Crippen molar-refractivity contribution in [2.24, 2.45) is 10.9 Å². The second-order valence-corrected chi connectivity index (χ2v) is 7.22. The molecule has 5 nitrogen and oxygen atoms in total. The monoisotopic (exact) mass is 316 g/mol. The van der Waals surface area contributed by atoms with Gasteiger partial charge in [0.1, 0.15) is 0 Å². The Morgan fingerprint density at radius 1 is 1.48 bits per heavy atom. The summed E-state index contributed by atoms with van der Waals surface area (Å²) in [6, 6.07) is 0. The molecule has 1 heterocycles. The van der Waals surface area contributed by atoms with Gasteiger partial charge >= 0.3 is 0 Å². The Kier molecular flexibility index (Phi) is 9.11. The van der Waals surface area contributed by atoms with Gasteiger partial charge < -0.3 is 19.9 Å². The van der Waals surface area contributed by atoms with Gasteiger partial charge in [-0.15, -0.1) is 0 Å². The van der Waals surface area contributed by atoms with E-state index >= 15 is 0 Å². The van der Waals surface area contributed by atoms with Crippen molar-refractivity contribution < 1.29 is 4.74 Å². The number of likely N-dealkylation sites (N-methyl/N-ethyl adjacent to an activating group) is 1. The zero-order chi connectivity index (χ0) is 15.7. The van der Waals surface area contributed by atoms with Gasteiger partial charge in [0.25, 0.3) is 0 Å². The van der Waals surface area contributed by atoms with Gasteiger partial charge in [0.15, 0.2) is 5.96 Å². The number of aliphatic imine (C=N–C) groups is 1. The number of hydrogen-bond donors (Lipinski definition) is 1. The molecule has 0 spiro atoms. The molecule has 0 saturated carbocycles. The molecule has 1 saturated heterocycles. The number of hydrogen-bond acceptors (Lipinski definition) is 4. The molecule has 0 aromatic heterocycles. The van der Waals surface area contributed by atoms with E-state index in [4.69, 9.17) is 4.74 Å². The molecule has 1 unspecified atom stereocenters. The average Bonchev–Trinajstić information content (AvgIpc) is 2.49. The topological polar surface area (TPSA) is 40.1 Å². The highest BCUT2D eigenvalue weighted by Crippen LogP contribution is 2.24. The molecule has 1 atom stereocenters. The van der Waals surface area contributed by atoms with Gasteiger partial charge in [-0.3, -0.25) is 4.99 Å². The summed E-state index contributed by atoms with van der Waals surface area (Å²) in [5.74, 6) is 2.95. The van der Waals surface area contributed by atoms with Crippen molar-refractivity contribution in [1.29, 1.82) is 0 Å². The third-order valence-electron chi connectivity index (χ3n) is 3.80. The summed E-state index contributed by atoms with van der Waals surface area (Å²) in [6.45, 7) is 10.5. The van der Waals surface area contributed by atoms with E-state index in [9.17, 15) is 0 Å². The molecular formula is C15H32N4OS. The number of methoxy groups -OCH3 is 1. The molecule has 1 N–H and O–H groups in total. The molecule has 1 aliphatic rings. The van der Waals surface area contributed by atoms with E-state index in [1.807, 2.05) is 7.05 Å². The first-order chi connectivity index (χ1) is 10.1. The van der Waals surface area contributed by atoms with E-state index in [0.717, 1.165) is 51.2 Å². The molecule has 0 amide bonds. The van der Waals surface area contributed by atoms with Gasteiger partial charge in [-0.25, -0.2) is 0 Å². The van der Waals surface area contributed by atoms with Crippen LogP contribution in [0.5, 0.6) is 0 Å². The van der Waals surface area contributed by atoms with Gasteiger partial charge in [-0.05, 0) is 13.0 Å². The predicted molar refractivity (Wildman–Crippen MR) is 93.4 cm³/mol. The van der Waals surface area contributed by atoms with Crippen molar-refractivity contribution in [2.45, 2.75) is 19.1 Å². The van der Waals surface area contributed by atoms with E-state index in [2.05, 4.69) is 52.8 Å². The fraction of sp³-hybridized carbons (Fsp3) is 0.933. The highest BCUT2D eigenvalue weighted by atomic mass is 32.2. The Bertz CT molecular complexity index is 312. The highest BCUT2D eigenvalue weighted by molar-refractivity contribution is 8.00. The van der Waals surface area contributed by atoms with Crippen LogP contribution in [0.4, 0.5) is 0 Å². The number of guanidine groups is 1. The van der Waals surface area contributed by atoms with Crippen LogP contribution >= 0.6 is 11.8 Å². The van der Waals surface area contributed by atoms with E-state index in [1.165, 1.54) is 5.75 Å².